The lowest BCUT2D eigenvalue weighted by molar-refractivity contribution is -0.117. The number of Topliss-reactive ketones (excluding diaryl/α,β-unsaturated/α-hetero) is 1. The van der Waals surface area contributed by atoms with Crippen LogP contribution in [0.3, 0.4) is 0 Å². The zero-order valence-electron chi connectivity index (χ0n) is 12.1. The van der Waals surface area contributed by atoms with Crippen LogP contribution < -0.4 is 0 Å². The fourth-order valence-corrected chi connectivity index (χ4v) is 2.91. The molecule has 0 spiro atoms. The first-order chi connectivity index (χ1) is 9.56. The summed E-state index contributed by atoms with van der Waals surface area (Å²) in [5, 5.41) is 0. The Morgan fingerprint density at radius 2 is 1.85 bits per heavy atom. The fourth-order valence-electron chi connectivity index (χ4n) is 2.14. The summed E-state index contributed by atoms with van der Waals surface area (Å²) < 4.78 is 0. The van der Waals surface area contributed by atoms with Crippen LogP contribution in [0.4, 0.5) is 0 Å². The van der Waals surface area contributed by atoms with Crippen molar-refractivity contribution in [1.29, 1.82) is 0 Å². The van der Waals surface area contributed by atoms with Gasteiger partial charge in [0.15, 0.2) is 5.78 Å². The third kappa shape index (κ3) is 3.87. The van der Waals surface area contributed by atoms with Crippen molar-refractivity contribution in [2.24, 2.45) is 4.99 Å². The first-order valence-electron chi connectivity index (χ1n) is 6.69. The SMILES string of the molecule is Cc1ccc(C=NCC(=O)Cc2c(C)cccc2C)s1. The Hall–Kier alpha value is -1.74. The molecule has 0 radical (unpaired) electrons. The molecule has 0 amide bonds. The molecule has 0 aliphatic heterocycles. The number of rotatable bonds is 5. The molecule has 1 heterocycles. The van der Waals surface area contributed by atoms with E-state index in [1.165, 1.54) is 16.0 Å². The molecule has 2 aromatic rings. The summed E-state index contributed by atoms with van der Waals surface area (Å²) in [4.78, 5) is 18.6. The van der Waals surface area contributed by atoms with Crippen LogP contribution in [0.1, 0.15) is 26.4 Å². The summed E-state index contributed by atoms with van der Waals surface area (Å²) in [6, 6.07) is 10.2. The molecular formula is C17H19NOS. The standard InChI is InChI=1S/C17H19NOS/c1-12-5-4-6-13(2)17(12)9-15(19)10-18-11-16-8-7-14(3)20-16/h4-8,11H,9-10H2,1-3H3. The quantitative estimate of drug-likeness (QED) is 0.766. The maximum absolute atomic E-state index is 12.0. The van der Waals surface area contributed by atoms with Crippen LogP contribution in [-0.2, 0) is 11.2 Å². The van der Waals surface area contributed by atoms with E-state index in [1.54, 1.807) is 17.6 Å². The van der Waals surface area contributed by atoms with Crippen molar-refractivity contribution in [2.75, 3.05) is 6.54 Å². The number of carbonyl (C=O) groups excluding carboxylic acids is 1. The van der Waals surface area contributed by atoms with Crippen molar-refractivity contribution < 1.29 is 4.79 Å². The summed E-state index contributed by atoms with van der Waals surface area (Å²) >= 11 is 1.69. The summed E-state index contributed by atoms with van der Waals surface area (Å²) in [5.41, 5.74) is 3.49. The van der Waals surface area contributed by atoms with Crippen LogP contribution in [-0.4, -0.2) is 18.5 Å². The molecule has 1 aromatic carbocycles. The number of carbonyl (C=O) groups is 1. The van der Waals surface area contributed by atoms with Crippen LogP contribution in [0.2, 0.25) is 0 Å². The van der Waals surface area contributed by atoms with Crippen molar-refractivity contribution in [3.8, 4) is 0 Å². The predicted molar refractivity (Wildman–Crippen MR) is 86.1 cm³/mol. The summed E-state index contributed by atoms with van der Waals surface area (Å²) in [6.07, 6.45) is 2.26. The van der Waals surface area contributed by atoms with Crippen molar-refractivity contribution in [2.45, 2.75) is 27.2 Å². The Balaban J connectivity index is 1.94. The zero-order valence-corrected chi connectivity index (χ0v) is 13.0. The van der Waals surface area contributed by atoms with Crippen LogP contribution in [0.25, 0.3) is 0 Å². The first kappa shape index (κ1) is 14.7. The number of thiophene rings is 1. The minimum absolute atomic E-state index is 0.159. The Morgan fingerprint density at radius 3 is 2.45 bits per heavy atom. The minimum atomic E-state index is 0.159. The van der Waals surface area contributed by atoms with Gasteiger partial charge < -0.3 is 0 Å². The molecule has 20 heavy (non-hydrogen) atoms. The highest BCUT2D eigenvalue weighted by Crippen LogP contribution is 2.14. The van der Waals surface area contributed by atoms with Crippen molar-refractivity contribution in [1.82, 2.24) is 0 Å². The Labute approximate surface area is 124 Å². The van der Waals surface area contributed by atoms with E-state index in [4.69, 9.17) is 0 Å². The van der Waals surface area contributed by atoms with Crippen LogP contribution >= 0.6 is 11.3 Å². The number of aliphatic imine (C=N–C) groups is 1. The van der Waals surface area contributed by atoms with Gasteiger partial charge in [0.1, 0.15) is 0 Å². The van der Waals surface area contributed by atoms with Gasteiger partial charge in [-0.25, -0.2) is 0 Å². The first-order valence-corrected chi connectivity index (χ1v) is 7.51. The molecule has 0 unspecified atom stereocenters. The number of hydrogen-bond donors (Lipinski definition) is 0. The van der Waals surface area contributed by atoms with Gasteiger partial charge in [0.2, 0.25) is 0 Å². The molecule has 0 aliphatic rings. The lowest BCUT2D eigenvalue weighted by Crippen LogP contribution is -2.09. The Kier molecular flexibility index (Phi) is 4.85. The molecule has 0 fully saturated rings. The summed E-state index contributed by atoms with van der Waals surface area (Å²) in [7, 11) is 0. The molecule has 2 nitrogen and oxygen atoms in total. The van der Waals surface area contributed by atoms with E-state index in [1.807, 2.05) is 38.1 Å². The lowest BCUT2D eigenvalue weighted by Gasteiger charge is -2.07. The number of ketones is 1. The van der Waals surface area contributed by atoms with Gasteiger partial charge in [0.25, 0.3) is 0 Å². The van der Waals surface area contributed by atoms with Gasteiger partial charge in [-0.15, -0.1) is 11.3 Å². The molecular weight excluding hydrogens is 266 g/mol. The van der Waals surface area contributed by atoms with Gasteiger partial charge >= 0.3 is 0 Å². The monoisotopic (exact) mass is 285 g/mol. The molecule has 0 aliphatic carbocycles. The van der Waals surface area contributed by atoms with E-state index in [2.05, 4.69) is 18.0 Å². The lowest BCUT2D eigenvalue weighted by atomic mass is 9.98. The van der Waals surface area contributed by atoms with Crippen molar-refractivity contribution in [3.05, 3.63) is 56.8 Å². The zero-order chi connectivity index (χ0) is 14.5. The third-order valence-corrected chi connectivity index (χ3v) is 4.20. The summed E-state index contributed by atoms with van der Waals surface area (Å²) in [6.45, 7) is 6.42. The molecule has 0 atom stereocenters. The number of benzene rings is 1. The van der Waals surface area contributed by atoms with E-state index in [-0.39, 0.29) is 12.3 Å². The minimum Gasteiger partial charge on any atom is -0.297 e. The second-order valence-corrected chi connectivity index (χ2v) is 6.32. The van der Waals surface area contributed by atoms with Gasteiger partial charge in [0.05, 0.1) is 6.54 Å². The van der Waals surface area contributed by atoms with Gasteiger partial charge in [-0.3, -0.25) is 9.79 Å². The highest BCUT2D eigenvalue weighted by Gasteiger charge is 2.07. The van der Waals surface area contributed by atoms with Crippen LogP contribution in [0.15, 0.2) is 35.3 Å². The largest absolute Gasteiger partial charge is 0.297 e. The Bertz CT molecular complexity index is 620. The molecule has 3 heteroatoms. The topological polar surface area (TPSA) is 29.4 Å². The van der Waals surface area contributed by atoms with E-state index in [0.717, 1.165) is 10.4 Å². The van der Waals surface area contributed by atoms with Crippen LogP contribution in [0, 0.1) is 20.8 Å². The second kappa shape index (κ2) is 6.62. The fraction of sp³-hybridized carbons (Fsp3) is 0.294. The number of nitrogens with zero attached hydrogens (tertiary/aromatic N) is 1. The molecule has 0 saturated carbocycles. The highest BCUT2D eigenvalue weighted by molar-refractivity contribution is 7.13. The molecule has 104 valence electrons. The maximum Gasteiger partial charge on any atom is 0.158 e. The van der Waals surface area contributed by atoms with Crippen molar-refractivity contribution in [3.63, 3.8) is 0 Å². The molecule has 2 rings (SSSR count). The molecule has 0 saturated heterocycles. The molecule has 1 aromatic heterocycles. The van der Waals surface area contributed by atoms with E-state index in [0.29, 0.717) is 6.42 Å². The smallest absolute Gasteiger partial charge is 0.158 e. The van der Waals surface area contributed by atoms with Crippen LogP contribution in [0.5, 0.6) is 0 Å². The van der Waals surface area contributed by atoms with Crippen molar-refractivity contribution >= 4 is 23.3 Å². The average molecular weight is 285 g/mol. The van der Waals surface area contributed by atoms with Gasteiger partial charge in [-0.2, -0.15) is 0 Å². The average Bonchev–Trinajstić information content (AvgIpc) is 2.80. The van der Waals surface area contributed by atoms with E-state index in [9.17, 15) is 4.79 Å². The third-order valence-electron chi connectivity index (χ3n) is 3.27. The molecule has 0 N–H and O–H groups in total. The predicted octanol–water partition coefficient (Wildman–Crippen LogP) is 3.90. The second-order valence-electron chi connectivity index (χ2n) is 5.00. The summed E-state index contributed by atoms with van der Waals surface area (Å²) in [5.74, 6) is 0.159. The Morgan fingerprint density at radius 1 is 1.15 bits per heavy atom. The number of aryl methyl sites for hydroxylation is 3. The highest BCUT2D eigenvalue weighted by atomic mass is 32.1. The number of hydrogen-bond acceptors (Lipinski definition) is 3. The van der Waals surface area contributed by atoms with E-state index < -0.39 is 0 Å². The van der Waals surface area contributed by atoms with Gasteiger partial charge in [0, 0.05) is 22.4 Å². The van der Waals surface area contributed by atoms with Gasteiger partial charge in [-0.1, -0.05) is 18.2 Å². The normalized spacial score (nSPS) is 11.2. The van der Waals surface area contributed by atoms with Gasteiger partial charge in [-0.05, 0) is 49.6 Å². The maximum atomic E-state index is 12.0. The molecule has 0 bridgehead atoms. The van der Waals surface area contributed by atoms with E-state index >= 15 is 0 Å².